The van der Waals surface area contributed by atoms with Crippen LogP contribution >= 0.6 is 0 Å². The Morgan fingerprint density at radius 2 is 1.80 bits per heavy atom. The van der Waals surface area contributed by atoms with Gasteiger partial charge in [-0.1, -0.05) is 29.8 Å². The number of anilines is 2. The minimum atomic E-state index is 0.664. The number of fused-ring (bicyclic) bond motifs is 1. The molecule has 0 saturated carbocycles. The molecule has 1 aliphatic heterocycles. The highest BCUT2D eigenvalue weighted by Crippen LogP contribution is 2.27. The van der Waals surface area contributed by atoms with Gasteiger partial charge in [-0.2, -0.15) is 15.1 Å². The van der Waals surface area contributed by atoms with E-state index in [1.54, 1.807) is 0 Å². The van der Waals surface area contributed by atoms with Crippen molar-refractivity contribution in [1.29, 1.82) is 0 Å². The zero-order chi connectivity index (χ0) is 17.2. The summed E-state index contributed by atoms with van der Waals surface area (Å²) in [5, 5.41) is 8.79. The second-order valence-electron chi connectivity index (χ2n) is 6.76. The normalized spacial score (nSPS) is 14.9. The minimum Gasteiger partial charge on any atom is -0.356 e. The van der Waals surface area contributed by atoms with Crippen molar-refractivity contribution in [2.24, 2.45) is 7.05 Å². The maximum atomic E-state index is 4.82. The van der Waals surface area contributed by atoms with Crippen molar-refractivity contribution in [2.45, 2.75) is 32.7 Å². The molecule has 2 aromatic heterocycles. The van der Waals surface area contributed by atoms with Gasteiger partial charge in [0, 0.05) is 26.7 Å². The molecule has 4 rings (SSSR count). The molecule has 0 atom stereocenters. The standard InChI is InChI=1S/C19H24N6/c1-14-6-8-15(9-7-14)12-20-19-22-17-16(13-21-24(17)2)18(23-19)25-10-4-3-5-11-25/h6-9,13H,3-5,10-12H2,1-2H3,(H,20,22,23). The third-order valence-corrected chi connectivity index (χ3v) is 4.80. The van der Waals surface area contributed by atoms with E-state index in [0.29, 0.717) is 12.5 Å². The summed E-state index contributed by atoms with van der Waals surface area (Å²) in [6, 6.07) is 8.52. The molecule has 0 unspecified atom stereocenters. The number of nitrogens with one attached hydrogen (secondary N) is 1. The summed E-state index contributed by atoms with van der Waals surface area (Å²) in [7, 11) is 1.93. The van der Waals surface area contributed by atoms with Gasteiger partial charge in [-0.25, -0.2) is 0 Å². The van der Waals surface area contributed by atoms with E-state index in [1.165, 1.54) is 30.4 Å². The zero-order valence-corrected chi connectivity index (χ0v) is 14.9. The molecule has 0 bridgehead atoms. The second kappa shape index (κ2) is 6.70. The van der Waals surface area contributed by atoms with Crippen LogP contribution in [0.5, 0.6) is 0 Å². The number of hydrogen-bond acceptors (Lipinski definition) is 5. The van der Waals surface area contributed by atoms with Crippen LogP contribution in [0.25, 0.3) is 11.0 Å². The van der Waals surface area contributed by atoms with Crippen LogP contribution in [-0.2, 0) is 13.6 Å². The second-order valence-corrected chi connectivity index (χ2v) is 6.76. The van der Waals surface area contributed by atoms with Crippen molar-refractivity contribution < 1.29 is 0 Å². The summed E-state index contributed by atoms with van der Waals surface area (Å²) >= 11 is 0. The number of rotatable bonds is 4. The Morgan fingerprint density at radius 3 is 2.56 bits per heavy atom. The van der Waals surface area contributed by atoms with Gasteiger partial charge in [0.2, 0.25) is 5.95 Å². The van der Waals surface area contributed by atoms with Crippen molar-refractivity contribution in [2.75, 3.05) is 23.3 Å². The molecule has 1 fully saturated rings. The Bertz CT molecular complexity index is 862. The minimum absolute atomic E-state index is 0.664. The monoisotopic (exact) mass is 336 g/mol. The van der Waals surface area contributed by atoms with Crippen LogP contribution in [0.2, 0.25) is 0 Å². The lowest BCUT2D eigenvalue weighted by Crippen LogP contribution is -2.30. The van der Waals surface area contributed by atoms with Crippen LogP contribution in [-0.4, -0.2) is 32.8 Å². The lowest BCUT2D eigenvalue weighted by molar-refractivity contribution is 0.574. The smallest absolute Gasteiger partial charge is 0.227 e. The van der Waals surface area contributed by atoms with Crippen LogP contribution in [0.15, 0.2) is 30.5 Å². The van der Waals surface area contributed by atoms with E-state index in [2.05, 4.69) is 51.5 Å². The highest BCUT2D eigenvalue weighted by atomic mass is 15.3. The first-order valence-corrected chi connectivity index (χ1v) is 8.95. The predicted octanol–water partition coefficient (Wildman–Crippen LogP) is 3.27. The third-order valence-electron chi connectivity index (χ3n) is 4.80. The van der Waals surface area contributed by atoms with Crippen molar-refractivity contribution >= 4 is 22.8 Å². The number of benzene rings is 1. The van der Waals surface area contributed by atoms with Crippen LogP contribution in [0.4, 0.5) is 11.8 Å². The van der Waals surface area contributed by atoms with Gasteiger partial charge in [0.05, 0.1) is 11.6 Å². The quantitative estimate of drug-likeness (QED) is 0.792. The van der Waals surface area contributed by atoms with E-state index in [4.69, 9.17) is 4.98 Å². The van der Waals surface area contributed by atoms with Crippen LogP contribution < -0.4 is 10.2 Å². The van der Waals surface area contributed by atoms with E-state index in [0.717, 1.165) is 29.9 Å². The number of hydrogen-bond donors (Lipinski definition) is 1. The maximum absolute atomic E-state index is 4.82. The average Bonchev–Trinajstić information content (AvgIpc) is 3.02. The van der Waals surface area contributed by atoms with Crippen molar-refractivity contribution in [1.82, 2.24) is 19.7 Å². The summed E-state index contributed by atoms with van der Waals surface area (Å²) in [4.78, 5) is 11.9. The third kappa shape index (κ3) is 3.29. The van der Waals surface area contributed by atoms with Gasteiger partial charge in [0.15, 0.2) is 5.65 Å². The maximum Gasteiger partial charge on any atom is 0.227 e. The van der Waals surface area contributed by atoms with Gasteiger partial charge in [-0.05, 0) is 31.7 Å². The topological polar surface area (TPSA) is 58.9 Å². The van der Waals surface area contributed by atoms with E-state index >= 15 is 0 Å². The molecule has 25 heavy (non-hydrogen) atoms. The lowest BCUT2D eigenvalue weighted by atomic mass is 10.1. The van der Waals surface area contributed by atoms with Crippen molar-refractivity contribution in [3.05, 3.63) is 41.6 Å². The fourth-order valence-corrected chi connectivity index (χ4v) is 3.32. The van der Waals surface area contributed by atoms with Gasteiger partial charge in [-0.3, -0.25) is 4.68 Å². The lowest BCUT2D eigenvalue weighted by Gasteiger charge is -2.28. The zero-order valence-electron chi connectivity index (χ0n) is 14.9. The van der Waals surface area contributed by atoms with E-state index in [1.807, 2.05) is 17.9 Å². The molecule has 1 saturated heterocycles. The average molecular weight is 336 g/mol. The van der Waals surface area contributed by atoms with Crippen LogP contribution in [0.1, 0.15) is 30.4 Å². The molecular weight excluding hydrogens is 312 g/mol. The Hall–Kier alpha value is -2.63. The van der Waals surface area contributed by atoms with E-state index < -0.39 is 0 Å². The molecule has 0 spiro atoms. The van der Waals surface area contributed by atoms with Crippen molar-refractivity contribution in [3.63, 3.8) is 0 Å². The first-order chi connectivity index (χ1) is 12.2. The Balaban J connectivity index is 1.64. The predicted molar refractivity (Wildman–Crippen MR) is 101 cm³/mol. The number of aromatic nitrogens is 4. The summed E-state index contributed by atoms with van der Waals surface area (Å²) in [5.41, 5.74) is 3.37. The van der Waals surface area contributed by atoms with Gasteiger partial charge in [0.25, 0.3) is 0 Å². The Labute approximate surface area is 147 Å². The SMILES string of the molecule is Cc1ccc(CNc2nc(N3CCCCC3)c3cnn(C)c3n2)cc1. The molecular formula is C19H24N6. The van der Waals surface area contributed by atoms with Crippen LogP contribution in [0, 0.1) is 6.92 Å². The van der Waals surface area contributed by atoms with Gasteiger partial charge in [0.1, 0.15) is 5.82 Å². The Kier molecular flexibility index (Phi) is 4.26. The largest absolute Gasteiger partial charge is 0.356 e. The van der Waals surface area contributed by atoms with Gasteiger partial charge >= 0.3 is 0 Å². The first kappa shape index (κ1) is 15.9. The summed E-state index contributed by atoms with van der Waals surface area (Å²) in [6.45, 7) is 4.92. The van der Waals surface area contributed by atoms with E-state index in [-0.39, 0.29) is 0 Å². The summed E-state index contributed by atoms with van der Waals surface area (Å²) in [6.07, 6.45) is 5.62. The van der Waals surface area contributed by atoms with Gasteiger partial charge < -0.3 is 10.2 Å². The molecule has 1 N–H and O–H groups in total. The summed E-state index contributed by atoms with van der Waals surface area (Å²) < 4.78 is 1.82. The van der Waals surface area contributed by atoms with E-state index in [9.17, 15) is 0 Å². The molecule has 1 aromatic carbocycles. The van der Waals surface area contributed by atoms with Gasteiger partial charge in [-0.15, -0.1) is 0 Å². The first-order valence-electron chi connectivity index (χ1n) is 8.95. The molecule has 6 heteroatoms. The Morgan fingerprint density at radius 1 is 1.04 bits per heavy atom. The molecule has 1 aliphatic rings. The number of nitrogens with zero attached hydrogens (tertiary/aromatic N) is 5. The van der Waals surface area contributed by atoms with Crippen molar-refractivity contribution in [3.8, 4) is 0 Å². The molecule has 3 aromatic rings. The molecule has 0 aliphatic carbocycles. The summed E-state index contributed by atoms with van der Waals surface area (Å²) in [5.74, 6) is 1.67. The highest BCUT2D eigenvalue weighted by molar-refractivity contribution is 5.88. The highest BCUT2D eigenvalue weighted by Gasteiger charge is 2.19. The molecule has 3 heterocycles. The number of piperidine rings is 1. The number of aryl methyl sites for hydroxylation is 2. The fourth-order valence-electron chi connectivity index (χ4n) is 3.32. The molecule has 6 nitrogen and oxygen atoms in total. The molecule has 130 valence electrons. The molecule has 0 radical (unpaired) electrons. The molecule has 0 amide bonds. The fraction of sp³-hybridized carbons (Fsp3) is 0.421. The van der Waals surface area contributed by atoms with Crippen LogP contribution in [0.3, 0.4) is 0 Å².